The molecule has 0 aliphatic carbocycles. The van der Waals surface area contributed by atoms with Crippen LogP contribution in [0.3, 0.4) is 0 Å². The molecule has 0 aliphatic rings. The summed E-state index contributed by atoms with van der Waals surface area (Å²) in [5.74, 6) is -2.75. The third-order valence-electron chi connectivity index (χ3n) is 7.30. The van der Waals surface area contributed by atoms with Crippen LogP contribution in [-0.4, -0.2) is 42.5 Å². The van der Waals surface area contributed by atoms with E-state index in [0.717, 1.165) is 11.3 Å². The number of amides is 4. The molecule has 0 spiro atoms. The number of para-hydroxylation sites is 1. The third kappa shape index (κ3) is 9.68. The van der Waals surface area contributed by atoms with Crippen LogP contribution < -0.4 is 21.3 Å². The van der Waals surface area contributed by atoms with Gasteiger partial charge in [0, 0.05) is 21.8 Å². The van der Waals surface area contributed by atoms with E-state index in [-0.39, 0.29) is 36.9 Å². The maximum absolute atomic E-state index is 13.5. The fourth-order valence-corrected chi connectivity index (χ4v) is 7.00. The average molecular weight is 774 g/mol. The van der Waals surface area contributed by atoms with Gasteiger partial charge in [-0.25, -0.2) is 4.79 Å². The molecule has 0 radical (unpaired) electrons. The number of methoxy groups -OCH3 is 1. The molecule has 0 unspecified atom stereocenters. The van der Waals surface area contributed by atoms with Crippen molar-refractivity contribution in [3.05, 3.63) is 146 Å². The molecular weight excluding hydrogens is 743 g/mol. The zero-order valence-corrected chi connectivity index (χ0v) is 30.8. The molecule has 0 aliphatic heterocycles. The highest BCUT2D eigenvalue weighted by molar-refractivity contribution is 8.00. The molecule has 5 rings (SSSR count). The van der Waals surface area contributed by atoms with Crippen molar-refractivity contribution in [3.8, 4) is 0 Å². The molecule has 14 heteroatoms. The van der Waals surface area contributed by atoms with Crippen molar-refractivity contribution in [2.75, 3.05) is 28.8 Å². The van der Waals surface area contributed by atoms with Crippen LogP contribution in [0.1, 0.15) is 41.5 Å². The van der Waals surface area contributed by atoms with E-state index in [9.17, 15) is 24.0 Å². The second kappa shape index (κ2) is 17.7. The van der Waals surface area contributed by atoms with Crippen LogP contribution >= 0.6 is 46.3 Å². The van der Waals surface area contributed by atoms with E-state index >= 15 is 0 Å². The van der Waals surface area contributed by atoms with Gasteiger partial charge in [0.25, 0.3) is 17.7 Å². The second-order valence-corrected chi connectivity index (χ2v) is 13.8. The van der Waals surface area contributed by atoms with Crippen LogP contribution in [0, 0.1) is 6.92 Å². The summed E-state index contributed by atoms with van der Waals surface area (Å²) >= 11 is 14.7. The first-order chi connectivity index (χ1) is 25.0. The number of nitrogens with one attached hydrogen (secondary N) is 4. The van der Waals surface area contributed by atoms with Gasteiger partial charge >= 0.3 is 5.97 Å². The van der Waals surface area contributed by atoms with Crippen molar-refractivity contribution in [2.45, 2.75) is 11.8 Å². The minimum atomic E-state index is -0.690. The third-order valence-corrected chi connectivity index (χ3v) is 10.3. The Bertz CT molecular complexity index is 2180. The summed E-state index contributed by atoms with van der Waals surface area (Å²) in [5.41, 5.74) is 2.12. The predicted octanol–water partition coefficient (Wildman–Crippen LogP) is 8.54. The van der Waals surface area contributed by atoms with E-state index in [0.29, 0.717) is 33.0 Å². The van der Waals surface area contributed by atoms with E-state index in [1.165, 1.54) is 24.9 Å². The molecule has 4 amide bonds. The Morgan fingerprint density at radius 2 is 1.46 bits per heavy atom. The number of benzene rings is 4. The number of esters is 1. The normalized spacial score (nSPS) is 11.0. The van der Waals surface area contributed by atoms with Gasteiger partial charge in [0.15, 0.2) is 0 Å². The Morgan fingerprint density at radius 3 is 2.17 bits per heavy atom. The lowest BCUT2D eigenvalue weighted by atomic mass is 10.1. The monoisotopic (exact) mass is 772 g/mol. The van der Waals surface area contributed by atoms with Gasteiger partial charge in [-0.3, -0.25) is 19.2 Å². The first kappa shape index (κ1) is 37.8. The summed E-state index contributed by atoms with van der Waals surface area (Å²) in [7, 11) is 1.22. The molecule has 1 aromatic heterocycles. The predicted molar refractivity (Wildman–Crippen MR) is 208 cm³/mol. The Hall–Kier alpha value is -5.40. The van der Waals surface area contributed by atoms with Gasteiger partial charge in [-0.05, 0) is 72.7 Å². The molecule has 10 nitrogen and oxygen atoms in total. The number of rotatable bonds is 12. The molecule has 0 saturated carbocycles. The number of anilines is 3. The summed E-state index contributed by atoms with van der Waals surface area (Å²) in [6, 6.07) is 29.0. The van der Waals surface area contributed by atoms with Gasteiger partial charge in [0.1, 0.15) is 10.7 Å². The van der Waals surface area contributed by atoms with Crippen LogP contribution in [-0.2, 0) is 14.3 Å². The van der Waals surface area contributed by atoms with Crippen LogP contribution in [0.25, 0.3) is 6.08 Å². The lowest BCUT2D eigenvalue weighted by Gasteiger charge is -2.13. The minimum Gasteiger partial charge on any atom is -0.465 e. The molecule has 0 atom stereocenters. The first-order valence-corrected chi connectivity index (χ1v) is 18.0. The van der Waals surface area contributed by atoms with E-state index < -0.39 is 29.6 Å². The SMILES string of the molecule is COC(=O)c1c(NC(=O)CSc2cccc(NC(=O)/C(=C\c3cccc(Cl)c3Cl)NC(=O)c3ccccc3)c2)sc(C(=O)Nc2ccccc2)c1C. The van der Waals surface area contributed by atoms with Gasteiger partial charge in [-0.2, -0.15) is 0 Å². The number of ether oxygens (including phenoxy) is 1. The average Bonchev–Trinajstić information content (AvgIpc) is 3.47. The van der Waals surface area contributed by atoms with Crippen molar-refractivity contribution < 1.29 is 28.7 Å². The van der Waals surface area contributed by atoms with E-state index in [1.807, 2.05) is 6.07 Å². The fourth-order valence-electron chi connectivity index (χ4n) is 4.78. The summed E-state index contributed by atoms with van der Waals surface area (Å²) in [4.78, 5) is 66.3. The summed E-state index contributed by atoms with van der Waals surface area (Å²) in [6.07, 6.45) is 1.43. The van der Waals surface area contributed by atoms with Crippen molar-refractivity contribution >= 4 is 98.4 Å². The maximum atomic E-state index is 13.5. The molecular formula is C38H30Cl2N4O6S2. The smallest absolute Gasteiger partial charge is 0.341 e. The zero-order valence-electron chi connectivity index (χ0n) is 27.6. The lowest BCUT2D eigenvalue weighted by molar-refractivity contribution is -0.114. The summed E-state index contributed by atoms with van der Waals surface area (Å²) in [5, 5.41) is 11.7. The first-order valence-electron chi connectivity index (χ1n) is 15.5. The van der Waals surface area contributed by atoms with Crippen LogP contribution in [0.15, 0.2) is 114 Å². The van der Waals surface area contributed by atoms with Crippen LogP contribution in [0.5, 0.6) is 0 Å². The standard InChI is InChI=1S/C38H30Cl2N4O6S2/c1-22-31(38(49)50-2)37(52-33(22)36(48)41-25-14-7-4-8-15-25)44-30(45)21-51-27-17-10-16-26(20-27)42-35(47)29(19-24-13-9-18-28(39)32(24)40)43-34(46)23-11-5-3-6-12-23/h3-20H,21H2,1-2H3,(H,41,48)(H,42,47)(H,43,46)(H,44,45)/b29-19+. The minimum absolute atomic E-state index is 0.0634. The highest BCUT2D eigenvalue weighted by Gasteiger charge is 2.26. The van der Waals surface area contributed by atoms with Crippen molar-refractivity contribution in [2.24, 2.45) is 0 Å². The Balaban J connectivity index is 1.28. The molecule has 52 heavy (non-hydrogen) atoms. The molecule has 1 heterocycles. The molecule has 4 N–H and O–H groups in total. The van der Waals surface area contributed by atoms with Crippen molar-refractivity contribution in [1.29, 1.82) is 0 Å². The number of carbonyl (C=O) groups is 5. The summed E-state index contributed by atoms with van der Waals surface area (Å²) < 4.78 is 4.93. The Kier molecular flexibility index (Phi) is 12.9. The number of thioether (sulfide) groups is 1. The maximum Gasteiger partial charge on any atom is 0.341 e. The van der Waals surface area contributed by atoms with Crippen LogP contribution in [0.4, 0.5) is 16.4 Å². The fraction of sp³-hybridized carbons (Fsp3) is 0.0789. The van der Waals surface area contributed by atoms with Gasteiger partial charge in [0.05, 0.1) is 33.3 Å². The number of halogens is 2. The van der Waals surface area contributed by atoms with E-state index in [4.69, 9.17) is 27.9 Å². The topological polar surface area (TPSA) is 143 Å². The highest BCUT2D eigenvalue weighted by Crippen LogP contribution is 2.35. The number of hydrogen-bond acceptors (Lipinski definition) is 8. The van der Waals surface area contributed by atoms with Gasteiger partial charge in [0.2, 0.25) is 5.91 Å². The van der Waals surface area contributed by atoms with Crippen LogP contribution in [0.2, 0.25) is 10.0 Å². The van der Waals surface area contributed by atoms with Gasteiger partial charge in [-0.1, -0.05) is 77.8 Å². The largest absolute Gasteiger partial charge is 0.465 e. The Labute approximate surface area is 317 Å². The quantitative estimate of drug-likeness (QED) is 0.0566. The number of hydrogen-bond donors (Lipinski definition) is 4. The molecule has 5 aromatic rings. The molecule has 0 bridgehead atoms. The Morgan fingerprint density at radius 1 is 0.788 bits per heavy atom. The summed E-state index contributed by atoms with van der Waals surface area (Å²) in [6.45, 7) is 1.62. The van der Waals surface area contributed by atoms with Gasteiger partial charge in [-0.15, -0.1) is 23.1 Å². The van der Waals surface area contributed by atoms with E-state index in [2.05, 4.69) is 21.3 Å². The molecule has 4 aromatic carbocycles. The molecule has 264 valence electrons. The highest BCUT2D eigenvalue weighted by atomic mass is 35.5. The van der Waals surface area contributed by atoms with Crippen molar-refractivity contribution in [1.82, 2.24) is 5.32 Å². The van der Waals surface area contributed by atoms with E-state index in [1.54, 1.807) is 104 Å². The number of thiophene rings is 1. The molecule has 0 fully saturated rings. The van der Waals surface area contributed by atoms with Gasteiger partial charge < -0.3 is 26.0 Å². The second-order valence-electron chi connectivity index (χ2n) is 10.9. The zero-order chi connectivity index (χ0) is 37.2. The number of carbonyl (C=O) groups excluding carboxylic acids is 5. The molecule has 0 saturated heterocycles. The lowest BCUT2D eigenvalue weighted by Crippen LogP contribution is -2.30. The van der Waals surface area contributed by atoms with Crippen molar-refractivity contribution in [3.63, 3.8) is 0 Å².